The molecule has 30 heavy (non-hydrogen) atoms. The van der Waals surface area contributed by atoms with Gasteiger partial charge in [-0.15, -0.1) is 13.2 Å². The summed E-state index contributed by atoms with van der Waals surface area (Å²) in [6.07, 6.45) is -4.85. The number of hydrogen-bond acceptors (Lipinski definition) is 5. The summed E-state index contributed by atoms with van der Waals surface area (Å²) >= 11 is 0. The van der Waals surface area contributed by atoms with Gasteiger partial charge in [0.25, 0.3) is 0 Å². The number of alkyl halides is 3. The molecule has 2 aromatic carbocycles. The first-order valence-electron chi connectivity index (χ1n) is 9.15. The largest absolute Gasteiger partial charge is 0.573 e. The van der Waals surface area contributed by atoms with E-state index in [-0.39, 0.29) is 30.3 Å². The number of nitrogens with zero attached hydrogens (tertiary/aromatic N) is 2. The lowest BCUT2D eigenvalue weighted by molar-refractivity contribution is -0.274. The number of amides is 1. The molecule has 0 bridgehead atoms. The third kappa shape index (κ3) is 4.18. The highest BCUT2D eigenvalue weighted by Gasteiger charge is 2.31. The van der Waals surface area contributed by atoms with Crippen molar-refractivity contribution in [3.8, 4) is 16.9 Å². The van der Waals surface area contributed by atoms with E-state index >= 15 is 0 Å². The van der Waals surface area contributed by atoms with Crippen molar-refractivity contribution >= 4 is 17.0 Å². The van der Waals surface area contributed by atoms with E-state index in [0.717, 1.165) is 0 Å². The Morgan fingerprint density at radius 2 is 1.87 bits per heavy atom. The summed E-state index contributed by atoms with van der Waals surface area (Å²) in [7, 11) is 0. The monoisotopic (exact) mass is 422 g/mol. The van der Waals surface area contributed by atoms with E-state index < -0.39 is 18.2 Å². The smallest absolute Gasteiger partial charge is 0.408 e. The zero-order chi connectivity index (χ0) is 21.5. The van der Waals surface area contributed by atoms with Crippen molar-refractivity contribution in [3.05, 3.63) is 53.0 Å². The lowest BCUT2D eigenvalue weighted by atomic mass is 10.1. The van der Waals surface area contributed by atoms with Crippen LogP contribution in [0.4, 0.5) is 13.2 Å². The van der Waals surface area contributed by atoms with Crippen molar-refractivity contribution in [2.45, 2.75) is 25.4 Å². The first-order chi connectivity index (χ1) is 14.2. The number of hydrogen-bond donors (Lipinski definition) is 1. The number of rotatable bonds is 4. The molecule has 10 heteroatoms. The molecule has 1 N–H and O–H groups in total. The zero-order valence-corrected chi connectivity index (χ0v) is 15.6. The summed E-state index contributed by atoms with van der Waals surface area (Å²) in [6, 6.07) is 10.2. The first-order valence-corrected chi connectivity index (χ1v) is 9.15. The molecule has 158 valence electrons. The number of likely N-dealkylation sites (tertiary alicyclic amines) is 1. The molecule has 1 aromatic heterocycles. The summed E-state index contributed by atoms with van der Waals surface area (Å²) in [6.45, 7) is 0.406. The molecule has 1 atom stereocenters. The third-order valence-corrected chi connectivity index (χ3v) is 4.90. The molecule has 1 aliphatic heterocycles. The average molecular weight is 422 g/mol. The molecule has 1 aliphatic rings. The maximum Gasteiger partial charge on any atom is 0.573 e. The molecule has 0 saturated carbocycles. The lowest BCUT2D eigenvalue weighted by Gasteiger charge is -2.15. The fraction of sp³-hybridized carbons (Fsp3) is 0.300. The number of carbonyl (C=O) groups is 1. The van der Waals surface area contributed by atoms with Crippen molar-refractivity contribution in [2.24, 2.45) is 0 Å². The Hall–Kier alpha value is -3.27. The highest BCUT2D eigenvalue weighted by molar-refractivity contribution is 5.83. The van der Waals surface area contributed by atoms with Gasteiger partial charge in [0, 0.05) is 13.1 Å². The highest BCUT2D eigenvalue weighted by atomic mass is 19.4. The molecule has 1 amide bonds. The normalized spacial score (nSPS) is 16.9. The molecule has 1 fully saturated rings. The van der Waals surface area contributed by atoms with E-state index in [1.807, 2.05) is 0 Å². The number of fused-ring (bicyclic) bond motifs is 1. The molecule has 0 radical (unpaired) electrons. The van der Waals surface area contributed by atoms with E-state index in [9.17, 15) is 27.9 Å². The van der Waals surface area contributed by atoms with Crippen LogP contribution in [0.1, 0.15) is 6.42 Å². The van der Waals surface area contributed by atoms with Crippen LogP contribution < -0.4 is 10.5 Å². The second-order valence-electron chi connectivity index (χ2n) is 6.99. The van der Waals surface area contributed by atoms with Gasteiger partial charge in [-0.1, -0.05) is 18.2 Å². The van der Waals surface area contributed by atoms with Crippen LogP contribution in [-0.4, -0.2) is 46.0 Å². The van der Waals surface area contributed by atoms with Gasteiger partial charge >= 0.3 is 12.1 Å². The number of aromatic nitrogens is 1. The fourth-order valence-electron chi connectivity index (χ4n) is 3.44. The number of aliphatic hydroxyl groups is 1. The zero-order valence-electron chi connectivity index (χ0n) is 15.6. The van der Waals surface area contributed by atoms with Crippen molar-refractivity contribution in [1.82, 2.24) is 9.47 Å². The van der Waals surface area contributed by atoms with E-state index in [2.05, 4.69) is 4.74 Å². The van der Waals surface area contributed by atoms with Gasteiger partial charge in [-0.25, -0.2) is 4.79 Å². The second kappa shape index (κ2) is 7.52. The quantitative estimate of drug-likeness (QED) is 0.699. The molecule has 4 rings (SSSR count). The SMILES string of the molecule is O=C(Cn1c(=O)oc2ccc(-c3ccc(OC(F)(F)F)cc3)cc21)N1CC[C@H](O)C1. The van der Waals surface area contributed by atoms with Gasteiger partial charge in [0.15, 0.2) is 5.58 Å². The van der Waals surface area contributed by atoms with Crippen LogP contribution in [0.2, 0.25) is 0 Å². The van der Waals surface area contributed by atoms with Crippen molar-refractivity contribution in [3.63, 3.8) is 0 Å². The van der Waals surface area contributed by atoms with Gasteiger partial charge in [-0.3, -0.25) is 9.36 Å². The second-order valence-corrected chi connectivity index (χ2v) is 6.99. The van der Waals surface area contributed by atoms with Crippen LogP contribution in [-0.2, 0) is 11.3 Å². The van der Waals surface area contributed by atoms with Crippen LogP contribution in [0, 0.1) is 0 Å². The summed E-state index contributed by atoms with van der Waals surface area (Å²) in [4.78, 5) is 26.2. The number of β-amino-alcohol motifs (C(OH)–C–C–N with tert-alkyl or cyclic N) is 1. The van der Waals surface area contributed by atoms with Gasteiger partial charge in [0.1, 0.15) is 12.3 Å². The van der Waals surface area contributed by atoms with Crippen molar-refractivity contribution in [1.29, 1.82) is 0 Å². The number of halogens is 3. The Morgan fingerprint density at radius 1 is 1.17 bits per heavy atom. The van der Waals surface area contributed by atoms with E-state index in [1.54, 1.807) is 18.2 Å². The van der Waals surface area contributed by atoms with Gasteiger partial charge in [0.05, 0.1) is 11.6 Å². The van der Waals surface area contributed by atoms with Gasteiger partial charge in [-0.05, 0) is 41.8 Å². The summed E-state index contributed by atoms with van der Waals surface area (Å²) in [5, 5.41) is 9.59. The summed E-state index contributed by atoms with van der Waals surface area (Å²) in [5.74, 6) is -1.34. The summed E-state index contributed by atoms with van der Waals surface area (Å²) < 4.78 is 47.2. The minimum atomic E-state index is -4.77. The van der Waals surface area contributed by atoms with Crippen molar-refractivity contribution in [2.75, 3.05) is 13.1 Å². The number of benzene rings is 2. The minimum Gasteiger partial charge on any atom is -0.408 e. The van der Waals surface area contributed by atoms with E-state index in [1.165, 1.54) is 33.7 Å². The Labute approximate surface area is 167 Å². The average Bonchev–Trinajstić information content (AvgIpc) is 3.24. The summed E-state index contributed by atoms with van der Waals surface area (Å²) in [5.41, 5.74) is 1.90. The van der Waals surface area contributed by atoms with E-state index in [4.69, 9.17) is 4.42 Å². The predicted molar refractivity (Wildman–Crippen MR) is 99.8 cm³/mol. The molecule has 3 aromatic rings. The van der Waals surface area contributed by atoms with Gasteiger partial charge in [-0.2, -0.15) is 0 Å². The van der Waals surface area contributed by atoms with Gasteiger partial charge < -0.3 is 19.2 Å². The van der Waals surface area contributed by atoms with E-state index in [0.29, 0.717) is 29.6 Å². The van der Waals surface area contributed by atoms with Crippen LogP contribution >= 0.6 is 0 Å². The maximum atomic E-state index is 12.5. The molecular formula is C20H17F3N2O5. The third-order valence-electron chi connectivity index (χ3n) is 4.90. The number of oxazole rings is 1. The Bertz CT molecular complexity index is 1130. The molecule has 1 saturated heterocycles. The molecular weight excluding hydrogens is 405 g/mol. The Balaban J connectivity index is 1.61. The van der Waals surface area contributed by atoms with Crippen LogP contribution in [0.15, 0.2) is 51.7 Å². The van der Waals surface area contributed by atoms with Crippen LogP contribution in [0.5, 0.6) is 5.75 Å². The predicted octanol–water partition coefficient (Wildman–Crippen LogP) is 2.75. The standard InChI is InChI=1S/C20H17F3N2O5/c21-20(22,23)30-15-4-1-12(2-5-15)13-3-6-17-16(9-13)25(19(28)29-17)11-18(27)24-8-7-14(26)10-24/h1-6,9,14,26H,7-8,10-11H2/t14-/m0/s1. The van der Waals surface area contributed by atoms with Crippen LogP contribution in [0.25, 0.3) is 22.2 Å². The number of aliphatic hydroxyl groups excluding tert-OH is 1. The molecule has 0 unspecified atom stereocenters. The lowest BCUT2D eigenvalue weighted by Crippen LogP contribution is -2.34. The Kier molecular flexibility index (Phi) is 5.02. The van der Waals surface area contributed by atoms with Crippen molar-refractivity contribution < 1.29 is 32.2 Å². The highest BCUT2D eigenvalue weighted by Crippen LogP contribution is 2.28. The number of carbonyl (C=O) groups excluding carboxylic acids is 1. The topological polar surface area (TPSA) is 84.9 Å². The first kappa shape index (κ1) is 20.0. The number of ether oxygens (including phenoxy) is 1. The van der Waals surface area contributed by atoms with Crippen LogP contribution in [0.3, 0.4) is 0 Å². The molecule has 0 spiro atoms. The molecule has 2 heterocycles. The van der Waals surface area contributed by atoms with Gasteiger partial charge in [0.2, 0.25) is 5.91 Å². The Morgan fingerprint density at radius 3 is 2.50 bits per heavy atom. The maximum absolute atomic E-state index is 12.5. The molecule has 7 nitrogen and oxygen atoms in total. The fourth-order valence-corrected chi connectivity index (χ4v) is 3.44. The minimum absolute atomic E-state index is 0.223. The molecule has 0 aliphatic carbocycles.